The number of aliphatic imine (C=N–C) groups is 1. The molecule has 0 saturated carbocycles. The Morgan fingerprint density at radius 3 is 2.68 bits per heavy atom. The average molecular weight is 578 g/mol. The van der Waals surface area contributed by atoms with Crippen LogP contribution in [0.3, 0.4) is 0 Å². The minimum Gasteiger partial charge on any atom is -0.493 e. The number of amidine groups is 1. The second-order valence-corrected chi connectivity index (χ2v) is 10.7. The standard InChI is InChI=1S/C31H35N3O6S/c1-4-24-28(30(36)38-3)29(21-12-13-25(26(15-21)37-2)40-18-20-9-6-5-7-10-20)34-22(19-41-31(34)33-24)16-27(35)32-17-23-11-8-14-39-23/h5-7,9-10,12-13,15,19,23,29H,4,8,11,14,16-18H2,1-3H3,(H,32,35)/t23-,29+/m1/s1. The number of nitrogens with zero attached hydrogens (tertiary/aromatic N) is 2. The molecule has 3 aliphatic rings. The molecule has 2 atom stereocenters. The van der Waals surface area contributed by atoms with E-state index in [2.05, 4.69) is 5.32 Å². The first-order valence-corrected chi connectivity index (χ1v) is 14.7. The number of hydrogen-bond acceptors (Lipinski definition) is 9. The number of benzene rings is 2. The zero-order chi connectivity index (χ0) is 28.8. The van der Waals surface area contributed by atoms with Crippen LogP contribution < -0.4 is 14.8 Å². The van der Waals surface area contributed by atoms with Crippen molar-refractivity contribution in [2.45, 2.75) is 51.4 Å². The highest BCUT2D eigenvalue weighted by Gasteiger charge is 2.41. The van der Waals surface area contributed by atoms with Crippen molar-refractivity contribution in [3.63, 3.8) is 0 Å². The van der Waals surface area contributed by atoms with Gasteiger partial charge in [-0.25, -0.2) is 9.79 Å². The van der Waals surface area contributed by atoms with Crippen molar-refractivity contribution in [2.75, 3.05) is 27.4 Å². The Hall–Kier alpha value is -3.76. The monoisotopic (exact) mass is 577 g/mol. The smallest absolute Gasteiger partial charge is 0.338 e. The predicted octanol–water partition coefficient (Wildman–Crippen LogP) is 5.10. The lowest BCUT2D eigenvalue weighted by Gasteiger charge is -2.36. The third-order valence-corrected chi connectivity index (χ3v) is 8.15. The van der Waals surface area contributed by atoms with E-state index in [0.717, 1.165) is 36.3 Å². The maximum Gasteiger partial charge on any atom is 0.338 e. The number of methoxy groups -OCH3 is 2. The highest BCUT2D eigenvalue weighted by molar-refractivity contribution is 8.16. The van der Waals surface area contributed by atoms with E-state index < -0.39 is 12.0 Å². The van der Waals surface area contributed by atoms with E-state index in [-0.39, 0.29) is 18.4 Å². The van der Waals surface area contributed by atoms with Crippen molar-refractivity contribution < 1.29 is 28.5 Å². The number of ether oxygens (including phenoxy) is 4. The molecule has 0 aromatic heterocycles. The number of nitrogens with one attached hydrogen (secondary N) is 1. The van der Waals surface area contributed by atoms with Crippen molar-refractivity contribution in [3.05, 3.63) is 82.0 Å². The van der Waals surface area contributed by atoms with Crippen LogP contribution in [0.4, 0.5) is 0 Å². The Balaban J connectivity index is 1.44. The number of carbonyl (C=O) groups is 2. The van der Waals surface area contributed by atoms with Crippen LogP contribution in [0.2, 0.25) is 0 Å². The van der Waals surface area contributed by atoms with Gasteiger partial charge in [-0.3, -0.25) is 4.79 Å². The number of allylic oxidation sites excluding steroid dienone is 1. The molecule has 10 heteroatoms. The van der Waals surface area contributed by atoms with Gasteiger partial charge in [0.25, 0.3) is 0 Å². The van der Waals surface area contributed by atoms with Crippen LogP contribution in [-0.2, 0) is 25.7 Å². The molecular formula is C31H35N3O6S. The lowest BCUT2D eigenvalue weighted by molar-refractivity contribution is -0.136. The SMILES string of the molecule is CCC1=C(C(=O)OC)[C@H](c2ccc(OCc3ccccc3)c(OC)c2)N2C(CC(=O)NC[C@H]3CCCO3)=CSC2=N1. The first kappa shape index (κ1) is 28.8. The fourth-order valence-corrected chi connectivity index (χ4v) is 6.13. The van der Waals surface area contributed by atoms with Gasteiger partial charge in [-0.1, -0.05) is 55.1 Å². The number of thioether (sulfide) groups is 1. The maximum absolute atomic E-state index is 13.2. The van der Waals surface area contributed by atoms with Gasteiger partial charge in [0.15, 0.2) is 16.7 Å². The van der Waals surface area contributed by atoms with Crippen molar-refractivity contribution in [3.8, 4) is 11.5 Å². The third kappa shape index (κ3) is 6.44. The summed E-state index contributed by atoms with van der Waals surface area (Å²) in [5.41, 5.74) is 3.68. The minimum absolute atomic E-state index is 0.0572. The van der Waals surface area contributed by atoms with E-state index in [1.807, 2.05) is 65.8 Å². The zero-order valence-corrected chi connectivity index (χ0v) is 24.4. The van der Waals surface area contributed by atoms with Gasteiger partial charge in [0.05, 0.1) is 44.1 Å². The average Bonchev–Trinajstić information content (AvgIpc) is 3.68. The molecule has 1 saturated heterocycles. The van der Waals surface area contributed by atoms with Crippen LogP contribution in [0.1, 0.15) is 49.8 Å². The van der Waals surface area contributed by atoms with E-state index in [4.69, 9.17) is 23.9 Å². The summed E-state index contributed by atoms with van der Waals surface area (Å²) in [6.45, 7) is 3.57. The highest BCUT2D eigenvalue weighted by atomic mass is 32.2. The summed E-state index contributed by atoms with van der Waals surface area (Å²) in [6.07, 6.45) is 2.71. The molecule has 9 nitrogen and oxygen atoms in total. The Morgan fingerprint density at radius 1 is 1.15 bits per heavy atom. The van der Waals surface area contributed by atoms with Crippen LogP contribution in [0.5, 0.6) is 11.5 Å². The topological polar surface area (TPSA) is 98.7 Å². The molecule has 0 unspecified atom stereocenters. The van der Waals surface area contributed by atoms with Crippen LogP contribution in [0.15, 0.2) is 75.9 Å². The molecule has 1 amide bonds. The molecule has 3 heterocycles. The number of fused-ring (bicyclic) bond motifs is 1. The molecule has 5 rings (SSSR count). The molecule has 0 aliphatic carbocycles. The van der Waals surface area contributed by atoms with Gasteiger partial charge in [0.2, 0.25) is 5.91 Å². The van der Waals surface area contributed by atoms with E-state index in [9.17, 15) is 9.59 Å². The lowest BCUT2D eigenvalue weighted by Crippen LogP contribution is -2.39. The third-order valence-electron chi connectivity index (χ3n) is 7.26. The molecule has 2 aromatic carbocycles. The predicted molar refractivity (Wildman–Crippen MR) is 157 cm³/mol. The molecule has 1 fully saturated rings. The highest BCUT2D eigenvalue weighted by Crippen LogP contribution is 2.46. The van der Waals surface area contributed by atoms with Crippen LogP contribution in [0.25, 0.3) is 0 Å². The number of hydrogen-bond donors (Lipinski definition) is 1. The fraction of sp³-hybridized carbons (Fsp3) is 0.387. The lowest BCUT2D eigenvalue weighted by atomic mass is 9.92. The van der Waals surface area contributed by atoms with Crippen molar-refractivity contribution in [1.29, 1.82) is 0 Å². The summed E-state index contributed by atoms with van der Waals surface area (Å²) < 4.78 is 22.7. The summed E-state index contributed by atoms with van der Waals surface area (Å²) in [7, 11) is 2.96. The quantitative estimate of drug-likeness (QED) is 0.369. The molecule has 0 spiro atoms. The van der Waals surface area contributed by atoms with Crippen LogP contribution >= 0.6 is 11.8 Å². The molecule has 41 heavy (non-hydrogen) atoms. The van der Waals surface area contributed by atoms with Crippen molar-refractivity contribution in [2.24, 2.45) is 4.99 Å². The van der Waals surface area contributed by atoms with Crippen molar-refractivity contribution >= 4 is 28.8 Å². The Kier molecular flexibility index (Phi) is 9.31. The van der Waals surface area contributed by atoms with E-state index in [1.165, 1.54) is 18.9 Å². The Bertz CT molecular complexity index is 1370. The summed E-state index contributed by atoms with van der Waals surface area (Å²) >= 11 is 1.44. The first-order valence-electron chi connectivity index (χ1n) is 13.8. The van der Waals surface area contributed by atoms with Gasteiger partial charge >= 0.3 is 5.97 Å². The molecule has 216 valence electrons. The van der Waals surface area contributed by atoms with Crippen molar-refractivity contribution in [1.82, 2.24) is 10.2 Å². The summed E-state index contributed by atoms with van der Waals surface area (Å²) in [6, 6.07) is 15.0. The fourth-order valence-electron chi connectivity index (χ4n) is 5.20. The normalized spacial score (nSPS) is 19.8. The number of carbonyl (C=O) groups excluding carboxylic acids is 2. The van der Waals surface area contributed by atoms with Gasteiger partial charge in [0, 0.05) is 18.8 Å². The molecule has 0 bridgehead atoms. The molecule has 1 N–H and O–H groups in total. The summed E-state index contributed by atoms with van der Waals surface area (Å²) in [5, 5.41) is 5.64. The van der Waals surface area contributed by atoms with E-state index in [0.29, 0.717) is 47.5 Å². The minimum atomic E-state index is -0.561. The molecule has 3 aliphatic heterocycles. The zero-order valence-electron chi connectivity index (χ0n) is 23.6. The maximum atomic E-state index is 13.2. The largest absolute Gasteiger partial charge is 0.493 e. The summed E-state index contributed by atoms with van der Waals surface area (Å²) in [4.78, 5) is 33.0. The van der Waals surface area contributed by atoms with Gasteiger partial charge in [-0.15, -0.1) is 0 Å². The second-order valence-electron chi connectivity index (χ2n) is 9.90. The number of rotatable bonds is 11. The number of esters is 1. The van der Waals surface area contributed by atoms with Crippen LogP contribution in [0, 0.1) is 0 Å². The Morgan fingerprint density at radius 2 is 1.98 bits per heavy atom. The van der Waals surface area contributed by atoms with E-state index >= 15 is 0 Å². The molecular weight excluding hydrogens is 542 g/mol. The van der Waals surface area contributed by atoms with Gasteiger partial charge in [0.1, 0.15) is 6.61 Å². The number of amides is 1. The van der Waals surface area contributed by atoms with E-state index in [1.54, 1.807) is 7.11 Å². The Labute approximate surface area is 244 Å². The van der Waals surface area contributed by atoms with Gasteiger partial charge < -0.3 is 29.2 Å². The van der Waals surface area contributed by atoms with Gasteiger partial charge in [-0.05, 0) is 47.9 Å². The van der Waals surface area contributed by atoms with Crippen LogP contribution in [-0.4, -0.2) is 55.4 Å². The van der Waals surface area contributed by atoms with Gasteiger partial charge in [-0.2, -0.15) is 0 Å². The summed E-state index contributed by atoms with van der Waals surface area (Å²) in [5.74, 6) is 0.553. The first-order chi connectivity index (χ1) is 20.0. The second kappa shape index (κ2) is 13.3. The molecule has 2 aromatic rings. The molecule has 0 radical (unpaired) electrons.